The van der Waals surface area contributed by atoms with Gasteiger partial charge in [0.25, 0.3) is 5.91 Å². The number of amides is 2. The minimum absolute atomic E-state index is 0.0916. The van der Waals surface area contributed by atoms with Gasteiger partial charge >= 0.3 is 0 Å². The van der Waals surface area contributed by atoms with Gasteiger partial charge in [-0.2, -0.15) is 0 Å². The van der Waals surface area contributed by atoms with Gasteiger partial charge in [-0.1, -0.05) is 42.5 Å². The van der Waals surface area contributed by atoms with Crippen LogP contribution in [-0.2, 0) is 11.3 Å². The highest BCUT2D eigenvalue weighted by atomic mass is 16.2. The molecule has 3 aromatic carbocycles. The molecule has 0 fully saturated rings. The van der Waals surface area contributed by atoms with Gasteiger partial charge in [0, 0.05) is 11.3 Å². The van der Waals surface area contributed by atoms with Crippen LogP contribution in [-0.4, -0.2) is 21.4 Å². The third-order valence-corrected chi connectivity index (χ3v) is 5.41. The Hall–Kier alpha value is -3.93. The van der Waals surface area contributed by atoms with E-state index in [2.05, 4.69) is 10.6 Å². The van der Waals surface area contributed by atoms with Gasteiger partial charge in [0.15, 0.2) is 0 Å². The molecule has 0 spiro atoms. The second-order valence-corrected chi connectivity index (χ2v) is 7.97. The zero-order chi connectivity index (χ0) is 22.7. The molecule has 1 aromatic heterocycles. The van der Waals surface area contributed by atoms with Gasteiger partial charge in [0.2, 0.25) is 5.91 Å². The van der Waals surface area contributed by atoms with Gasteiger partial charge in [-0.05, 0) is 62.2 Å². The molecule has 0 saturated carbocycles. The van der Waals surface area contributed by atoms with Crippen molar-refractivity contribution >= 4 is 28.5 Å². The SMILES string of the molecule is Cc1cccc(NC(=O)Cn2c(C(C)NC(=O)c3ccccc3C)nc3ccccc32)c1. The van der Waals surface area contributed by atoms with Gasteiger partial charge in [-0.25, -0.2) is 4.98 Å². The van der Waals surface area contributed by atoms with Gasteiger partial charge in [0.1, 0.15) is 12.4 Å². The van der Waals surface area contributed by atoms with Crippen molar-refractivity contribution in [1.29, 1.82) is 0 Å². The quantitative estimate of drug-likeness (QED) is 0.466. The van der Waals surface area contributed by atoms with Crippen LogP contribution in [0.3, 0.4) is 0 Å². The number of hydrogen-bond acceptors (Lipinski definition) is 3. The van der Waals surface area contributed by atoms with E-state index >= 15 is 0 Å². The first-order valence-corrected chi connectivity index (χ1v) is 10.6. The van der Waals surface area contributed by atoms with E-state index in [0.717, 1.165) is 27.8 Å². The zero-order valence-electron chi connectivity index (χ0n) is 18.4. The lowest BCUT2D eigenvalue weighted by Gasteiger charge is -2.17. The summed E-state index contributed by atoms with van der Waals surface area (Å²) in [6.45, 7) is 5.86. The van der Waals surface area contributed by atoms with E-state index in [9.17, 15) is 9.59 Å². The molecule has 4 aromatic rings. The molecular weight excluding hydrogens is 400 g/mol. The van der Waals surface area contributed by atoms with Crippen LogP contribution in [0, 0.1) is 13.8 Å². The van der Waals surface area contributed by atoms with Gasteiger partial charge in [-0.15, -0.1) is 0 Å². The van der Waals surface area contributed by atoms with Crippen LogP contribution in [0.2, 0.25) is 0 Å². The molecule has 0 aliphatic rings. The highest BCUT2D eigenvalue weighted by molar-refractivity contribution is 5.96. The van der Waals surface area contributed by atoms with E-state index < -0.39 is 0 Å². The maximum absolute atomic E-state index is 12.9. The predicted octanol–water partition coefficient (Wildman–Crippen LogP) is 4.78. The second kappa shape index (κ2) is 9.06. The van der Waals surface area contributed by atoms with Gasteiger partial charge in [0.05, 0.1) is 17.1 Å². The van der Waals surface area contributed by atoms with Gasteiger partial charge < -0.3 is 15.2 Å². The normalized spacial score (nSPS) is 11.8. The summed E-state index contributed by atoms with van der Waals surface area (Å²) in [6, 6.07) is 22.4. The minimum Gasteiger partial charge on any atom is -0.342 e. The fraction of sp³-hybridized carbons (Fsp3) is 0.192. The van der Waals surface area contributed by atoms with Crippen molar-refractivity contribution in [2.75, 3.05) is 5.32 Å². The lowest BCUT2D eigenvalue weighted by Crippen LogP contribution is -2.30. The molecule has 2 amide bonds. The van der Waals surface area contributed by atoms with Crippen LogP contribution in [0.15, 0.2) is 72.8 Å². The largest absolute Gasteiger partial charge is 0.342 e. The fourth-order valence-corrected chi connectivity index (χ4v) is 3.82. The lowest BCUT2D eigenvalue weighted by molar-refractivity contribution is -0.116. The molecule has 0 aliphatic carbocycles. The molecule has 6 heteroatoms. The number of nitrogens with zero attached hydrogens (tertiary/aromatic N) is 2. The van der Waals surface area contributed by atoms with Crippen LogP contribution in [0.5, 0.6) is 0 Å². The number of aryl methyl sites for hydroxylation is 2. The molecule has 0 radical (unpaired) electrons. The maximum Gasteiger partial charge on any atom is 0.252 e. The summed E-state index contributed by atoms with van der Waals surface area (Å²) >= 11 is 0. The molecule has 6 nitrogen and oxygen atoms in total. The van der Waals surface area contributed by atoms with E-state index in [1.165, 1.54) is 0 Å². The fourth-order valence-electron chi connectivity index (χ4n) is 3.82. The Morgan fingerprint density at radius 2 is 1.72 bits per heavy atom. The van der Waals surface area contributed by atoms with Crippen LogP contribution < -0.4 is 10.6 Å². The Morgan fingerprint density at radius 1 is 0.969 bits per heavy atom. The lowest BCUT2D eigenvalue weighted by atomic mass is 10.1. The smallest absolute Gasteiger partial charge is 0.252 e. The standard InChI is InChI=1S/C26H26N4O2/c1-17-9-8-11-20(15-17)28-24(31)16-30-23-14-7-6-13-22(23)29-25(30)19(3)27-26(32)21-12-5-4-10-18(21)2/h4-15,19H,16H2,1-3H3,(H,27,32)(H,28,31). The third kappa shape index (κ3) is 4.54. The number of carbonyl (C=O) groups is 2. The number of nitrogens with one attached hydrogen (secondary N) is 2. The van der Waals surface area contributed by atoms with Crippen LogP contribution in [0.25, 0.3) is 11.0 Å². The molecule has 1 unspecified atom stereocenters. The van der Waals surface area contributed by atoms with Gasteiger partial charge in [-0.3, -0.25) is 9.59 Å². The molecule has 0 aliphatic heterocycles. The average Bonchev–Trinajstić information content (AvgIpc) is 3.12. The monoisotopic (exact) mass is 426 g/mol. The second-order valence-electron chi connectivity index (χ2n) is 7.97. The number of carbonyl (C=O) groups excluding carboxylic acids is 2. The molecular formula is C26H26N4O2. The number of anilines is 1. The molecule has 0 bridgehead atoms. The molecule has 162 valence electrons. The van der Waals surface area contributed by atoms with E-state index in [0.29, 0.717) is 11.4 Å². The maximum atomic E-state index is 12.9. The van der Waals surface area contributed by atoms with Crippen LogP contribution in [0.4, 0.5) is 5.69 Å². The summed E-state index contributed by atoms with van der Waals surface area (Å²) in [5, 5.41) is 5.98. The Bertz CT molecular complexity index is 1290. The van der Waals surface area contributed by atoms with Crippen LogP contribution in [0.1, 0.15) is 40.3 Å². The van der Waals surface area contributed by atoms with Crippen molar-refractivity contribution in [1.82, 2.24) is 14.9 Å². The van der Waals surface area contributed by atoms with Crippen molar-refractivity contribution in [3.05, 3.63) is 95.3 Å². The first kappa shape index (κ1) is 21.3. The summed E-state index contributed by atoms with van der Waals surface area (Å²) in [6.07, 6.45) is 0. The Kier molecular flexibility index (Phi) is 6.03. The highest BCUT2D eigenvalue weighted by Crippen LogP contribution is 2.22. The predicted molar refractivity (Wildman–Crippen MR) is 127 cm³/mol. The van der Waals surface area contributed by atoms with Crippen molar-refractivity contribution in [2.45, 2.75) is 33.4 Å². The molecule has 32 heavy (non-hydrogen) atoms. The topological polar surface area (TPSA) is 76.0 Å². The summed E-state index contributed by atoms with van der Waals surface area (Å²) in [5.41, 5.74) is 4.98. The van der Waals surface area contributed by atoms with E-state index in [1.807, 2.05) is 92.1 Å². The first-order valence-electron chi connectivity index (χ1n) is 10.6. The molecule has 2 N–H and O–H groups in total. The number of benzene rings is 3. The molecule has 0 saturated heterocycles. The van der Waals surface area contributed by atoms with Crippen molar-refractivity contribution in [3.8, 4) is 0 Å². The van der Waals surface area contributed by atoms with E-state index in [-0.39, 0.29) is 24.4 Å². The number of hydrogen-bond donors (Lipinski definition) is 2. The Morgan fingerprint density at radius 3 is 2.50 bits per heavy atom. The summed E-state index contributed by atoms with van der Waals surface area (Å²) < 4.78 is 1.86. The van der Waals surface area contributed by atoms with E-state index in [4.69, 9.17) is 4.98 Å². The number of fused-ring (bicyclic) bond motifs is 1. The summed E-state index contributed by atoms with van der Waals surface area (Å²) in [7, 11) is 0. The molecule has 4 rings (SSSR count). The van der Waals surface area contributed by atoms with Crippen molar-refractivity contribution in [3.63, 3.8) is 0 Å². The Labute approximate surface area is 187 Å². The highest BCUT2D eigenvalue weighted by Gasteiger charge is 2.21. The van der Waals surface area contributed by atoms with Crippen LogP contribution >= 0.6 is 0 Å². The molecule has 1 heterocycles. The molecule has 1 atom stereocenters. The first-order chi connectivity index (χ1) is 15.4. The zero-order valence-corrected chi connectivity index (χ0v) is 18.4. The van der Waals surface area contributed by atoms with Crippen molar-refractivity contribution in [2.24, 2.45) is 0 Å². The average molecular weight is 427 g/mol. The summed E-state index contributed by atoms with van der Waals surface area (Å²) in [4.78, 5) is 30.4. The number of aromatic nitrogens is 2. The minimum atomic E-state index is -0.388. The number of imidazole rings is 1. The summed E-state index contributed by atoms with van der Waals surface area (Å²) in [5.74, 6) is 0.309. The number of rotatable bonds is 6. The number of para-hydroxylation sites is 2. The van der Waals surface area contributed by atoms with Crippen molar-refractivity contribution < 1.29 is 9.59 Å². The third-order valence-electron chi connectivity index (χ3n) is 5.41. The van der Waals surface area contributed by atoms with E-state index in [1.54, 1.807) is 6.07 Å². The Balaban J connectivity index is 1.60.